The normalized spacial score (nSPS) is 21.5. The topological polar surface area (TPSA) is 70.8 Å². The van der Waals surface area contributed by atoms with E-state index in [1.54, 1.807) is 4.90 Å². The Bertz CT molecular complexity index is 761. The number of benzene rings is 1. The number of aryl methyl sites for hydroxylation is 2. The predicted molar refractivity (Wildman–Crippen MR) is 81.9 cm³/mol. The maximum atomic E-state index is 12.7. The highest BCUT2D eigenvalue weighted by atomic mass is 16.4. The highest BCUT2D eigenvalue weighted by molar-refractivity contribution is 6.06. The van der Waals surface area contributed by atoms with Crippen molar-refractivity contribution in [3.63, 3.8) is 0 Å². The standard InChI is InChI=1S/C17H19NO4/c1-9-4-12-14(8-22-15(12)5-10(9)2)16(19)18-6-11(3)13(7-18)17(20)21/h4-5,8,11,13H,6-7H2,1-3H3,(H,20,21)/t11-,13-/m1/s1. The van der Waals surface area contributed by atoms with Crippen molar-refractivity contribution in [3.8, 4) is 0 Å². The van der Waals surface area contributed by atoms with Crippen LogP contribution in [0, 0.1) is 25.7 Å². The van der Waals surface area contributed by atoms with E-state index >= 15 is 0 Å². The second-order valence-corrected chi connectivity index (χ2v) is 6.21. The first-order valence-electron chi connectivity index (χ1n) is 7.39. The number of hydrogen-bond acceptors (Lipinski definition) is 3. The molecular formula is C17H19NO4. The summed E-state index contributed by atoms with van der Waals surface area (Å²) in [6, 6.07) is 3.88. The minimum Gasteiger partial charge on any atom is -0.481 e. The molecule has 2 atom stereocenters. The van der Waals surface area contributed by atoms with Gasteiger partial charge in [0, 0.05) is 18.5 Å². The minimum absolute atomic E-state index is 0.0383. The molecule has 1 N–H and O–H groups in total. The number of aliphatic carboxylic acids is 1. The fourth-order valence-electron chi connectivity index (χ4n) is 3.07. The predicted octanol–water partition coefficient (Wildman–Crippen LogP) is 2.84. The van der Waals surface area contributed by atoms with Gasteiger partial charge in [0.15, 0.2) is 0 Å². The molecule has 116 valence electrons. The van der Waals surface area contributed by atoms with Gasteiger partial charge in [-0.1, -0.05) is 6.92 Å². The van der Waals surface area contributed by atoms with Crippen LogP contribution in [0.15, 0.2) is 22.8 Å². The van der Waals surface area contributed by atoms with E-state index in [-0.39, 0.29) is 18.4 Å². The van der Waals surface area contributed by atoms with Crippen LogP contribution in [0.1, 0.15) is 28.4 Å². The molecule has 0 aliphatic carbocycles. The van der Waals surface area contributed by atoms with Crippen molar-refractivity contribution in [1.82, 2.24) is 4.90 Å². The van der Waals surface area contributed by atoms with Crippen molar-refractivity contribution in [2.24, 2.45) is 11.8 Å². The first kappa shape index (κ1) is 14.6. The molecule has 2 aromatic rings. The molecule has 5 nitrogen and oxygen atoms in total. The van der Waals surface area contributed by atoms with E-state index in [0.717, 1.165) is 16.5 Å². The third-order valence-electron chi connectivity index (χ3n) is 4.64. The second-order valence-electron chi connectivity index (χ2n) is 6.21. The van der Waals surface area contributed by atoms with Gasteiger partial charge < -0.3 is 14.4 Å². The summed E-state index contributed by atoms with van der Waals surface area (Å²) in [5.41, 5.74) is 3.41. The molecule has 1 aliphatic rings. The number of furan rings is 1. The molecule has 1 fully saturated rings. The van der Waals surface area contributed by atoms with Crippen LogP contribution in [0.5, 0.6) is 0 Å². The van der Waals surface area contributed by atoms with Crippen molar-refractivity contribution >= 4 is 22.8 Å². The first-order chi connectivity index (χ1) is 10.4. The van der Waals surface area contributed by atoms with E-state index in [2.05, 4.69) is 0 Å². The van der Waals surface area contributed by atoms with Gasteiger partial charge in [-0.05, 0) is 43.0 Å². The van der Waals surface area contributed by atoms with Gasteiger partial charge in [-0.25, -0.2) is 0 Å². The highest BCUT2D eigenvalue weighted by Gasteiger charge is 2.37. The lowest BCUT2D eigenvalue weighted by Crippen LogP contribution is -2.29. The molecule has 1 aliphatic heterocycles. The Morgan fingerprint density at radius 3 is 2.55 bits per heavy atom. The molecule has 22 heavy (non-hydrogen) atoms. The molecule has 3 rings (SSSR count). The summed E-state index contributed by atoms with van der Waals surface area (Å²) in [7, 11) is 0. The Balaban J connectivity index is 1.93. The van der Waals surface area contributed by atoms with E-state index in [1.165, 1.54) is 6.26 Å². The Morgan fingerprint density at radius 1 is 1.23 bits per heavy atom. The van der Waals surface area contributed by atoms with E-state index in [9.17, 15) is 14.7 Å². The van der Waals surface area contributed by atoms with Gasteiger partial charge in [0.1, 0.15) is 11.8 Å². The summed E-state index contributed by atoms with van der Waals surface area (Å²) in [5.74, 6) is -1.53. The number of nitrogens with zero attached hydrogens (tertiary/aromatic N) is 1. The van der Waals surface area contributed by atoms with Crippen LogP contribution in [0.2, 0.25) is 0 Å². The number of fused-ring (bicyclic) bond motifs is 1. The Morgan fingerprint density at radius 2 is 1.91 bits per heavy atom. The number of carbonyl (C=O) groups is 2. The summed E-state index contributed by atoms with van der Waals surface area (Å²) >= 11 is 0. The first-order valence-corrected chi connectivity index (χ1v) is 7.39. The lowest BCUT2D eigenvalue weighted by Gasteiger charge is -2.15. The smallest absolute Gasteiger partial charge is 0.308 e. The van der Waals surface area contributed by atoms with E-state index in [0.29, 0.717) is 17.7 Å². The summed E-state index contributed by atoms with van der Waals surface area (Å²) in [5, 5.41) is 9.99. The third kappa shape index (κ3) is 2.26. The van der Waals surface area contributed by atoms with Crippen molar-refractivity contribution in [1.29, 1.82) is 0 Å². The van der Waals surface area contributed by atoms with Gasteiger partial charge in [-0.2, -0.15) is 0 Å². The number of amides is 1. The van der Waals surface area contributed by atoms with Crippen LogP contribution in [-0.2, 0) is 4.79 Å². The fourth-order valence-corrected chi connectivity index (χ4v) is 3.07. The Labute approximate surface area is 128 Å². The van der Waals surface area contributed by atoms with Crippen molar-refractivity contribution in [2.75, 3.05) is 13.1 Å². The summed E-state index contributed by atoms with van der Waals surface area (Å²) in [6.07, 6.45) is 1.48. The van der Waals surface area contributed by atoms with Crippen molar-refractivity contribution < 1.29 is 19.1 Å². The fraction of sp³-hybridized carbons (Fsp3) is 0.412. The van der Waals surface area contributed by atoms with E-state index in [1.807, 2.05) is 32.9 Å². The molecule has 0 unspecified atom stereocenters. The molecule has 1 saturated heterocycles. The summed E-state index contributed by atoms with van der Waals surface area (Å²) in [6.45, 7) is 6.58. The van der Waals surface area contributed by atoms with Gasteiger partial charge >= 0.3 is 5.97 Å². The summed E-state index contributed by atoms with van der Waals surface area (Å²) in [4.78, 5) is 25.5. The van der Waals surface area contributed by atoms with Gasteiger partial charge in [0.05, 0.1) is 11.5 Å². The average molecular weight is 301 g/mol. The van der Waals surface area contributed by atoms with Crippen LogP contribution >= 0.6 is 0 Å². The Kier molecular flexibility index (Phi) is 3.43. The number of carbonyl (C=O) groups excluding carboxylic acids is 1. The van der Waals surface area contributed by atoms with Gasteiger partial charge in [-0.15, -0.1) is 0 Å². The Hall–Kier alpha value is -2.30. The highest BCUT2D eigenvalue weighted by Crippen LogP contribution is 2.29. The molecular weight excluding hydrogens is 282 g/mol. The monoisotopic (exact) mass is 301 g/mol. The number of likely N-dealkylation sites (tertiary alicyclic amines) is 1. The largest absolute Gasteiger partial charge is 0.481 e. The van der Waals surface area contributed by atoms with Crippen molar-refractivity contribution in [2.45, 2.75) is 20.8 Å². The maximum absolute atomic E-state index is 12.7. The molecule has 5 heteroatoms. The lowest BCUT2D eigenvalue weighted by molar-refractivity contribution is -0.142. The number of carboxylic acids is 1. The number of carboxylic acid groups (broad SMARTS) is 1. The zero-order valence-electron chi connectivity index (χ0n) is 12.9. The number of rotatable bonds is 2. The molecule has 0 bridgehead atoms. The van der Waals surface area contributed by atoms with Crippen LogP contribution < -0.4 is 0 Å². The summed E-state index contributed by atoms with van der Waals surface area (Å²) < 4.78 is 5.50. The van der Waals surface area contributed by atoms with Gasteiger partial charge in [0.25, 0.3) is 5.91 Å². The average Bonchev–Trinajstić information content (AvgIpc) is 3.02. The van der Waals surface area contributed by atoms with Crippen LogP contribution in [0.4, 0.5) is 0 Å². The van der Waals surface area contributed by atoms with Crippen LogP contribution in [-0.4, -0.2) is 35.0 Å². The quantitative estimate of drug-likeness (QED) is 0.926. The lowest BCUT2D eigenvalue weighted by atomic mass is 9.99. The molecule has 1 amide bonds. The molecule has 1 aromatic carbocycles. The zero-order valence-corrected chi connectivity index (χ0v) is 12.9. The number of hydrogen-bond donors (Lipinski definition) is 1. The molecule has 0 saturated carbocycles. The third-order valence-corrected chi connectivity index (χ3v) is 4.64. The zero-order chi connectivity index (χ0) is 16.0. The maximum Gasteiger partial charge on any atom is 0.308 e. The van der Waals surface area contributed by atoms with Crippen molar-refractivity contribution in [3.05, 3.63) is 35.1 Å². The van der Waals surface area contributed by atoms with Crippen LogP contribution in [0.25, 0.3) is 11.0 Å². The van der Waals surface area contributed by atoms with E-state index < -0.39 is 11.9 Å². The second kappa shape index (κ2) is 5.16. The van der Waals surface area contributed by atoms with Crippen LogP contribution in [0.3, 0.4) is 0 Å². The molecule has 0 spiro atoms. The van der Waals surface area contributed by atoms with Gasteiger partial charge in [0.2, 0.25) is 0 Å². The van der Waals surface area contributed by atoms with E-state index in [4.69, 9.17) is 4.42 Å². The molecule has 1 aromatic heterocycles. The minimum atomic E-state index is -0.841. The molecule has 2 heterocycles. The SMILES string of the molecule is Cc1cc2occ(C(=O)N3C[C@@H](C)[C@H](C(=O)O)C3)c2cc1C. The molecule has 0 radical (unpaired) electrons. The van der Waals surface area contributed by atoms with Gasteiger partial charge in [-0.3, -0.25) is 9.59 Å².